The van der Waals surface area contributed by atoms with E-state index in [9.17, 15) is 0 Å². The number of aliphatic imine (C=N–C) groups is 1. The summed E-state index contributed by atoms with van der Waals surface area (Å²) < 4.78 is 11.2. The third kappa shape index (κ3) is 5.81. The Hall–Kier alpha value is -1.96. The number of hydrogen-bond acceptors (Lipinski definition) is 3. The van der Waals surface area contributed by atoms with Gasteiger partial charge in [0.15, 0.2) is 5.96 Å². The molecule has 1 fully saturated rings. The standard InChI is InChI=1S/C19H23N3O2.HI/c1-23-18-9-5-3-7-16(18)22-19(20)21-12-15-6-2-4-8-17(15)24-13-14-10-11-14;/h2-9,14H,10-13H2,1H3,(H3,20,21,22);1H. The van der Waals surface area contributed by atoms with E-state index in [4.69, 9.17) is 15.2 Å². The van der Waals surface area contributed by atoms with Crippen molar-refractivity contribution in [2.75, 3.05) is 19.0 Å². The summed E-state index contributed by atoms with van der Waals surface area (Å²) in [6.45, 7) is 1.25. The molecule has 0 bridgehead atoms. The van der Waals surface area contributed by atoms with Crippen molar-refractivity contribution in [2.45, 2.75) is 19.4 Å². The zero-order valence-corrected chi connectivity index (χ0v) is 16.6. The van der Waals surface area contributed by atoms with Gasteiger partial charge < -0.3 is 20.5 Å². The highest BCUT2D eigenvalue weighted by Gasteiger charge is 2.22. The molecule has 0 heterocycles. The second-order valence-corrected chi connectivity index (χ2v) is 5.89. The lowest BCUT2D eigenvalue weighted by atomic mass is 10.2. The maximum Gasteiger partial charge on any atom is 0.193 e. The monoisotopic (exact) mass is 453 g/mol. The van der Waals surface area contributed by atoms with Gasteiger partial charge in [-0.3, -0.25) is 0 Å². The molecule has 0 unspecified atom stereocenters. The summed E-state index contributed by atoms with van der Waals surface area (Å²) >= 11 is 0. The Morgan fingerprint density at radius 2 is 1.80 bits per heavy atom. The minimum atomic E-state index is 0. The lowest BCUT2D eigenvalue weighted by Crippen LogP contribution is -2.23. The van der Waals surface area contributed by atoms with Gasteiger partial charge in [0.2, 0.25) is 0 Å². The molecule has 1 aliphatic carbocycles. The molecule has 1 aliphatic rings. The third-order valence-corrected chi connectivity index (χ3v) is 3.93. The number of para-hydroxylation sites is 3. The molecule has 1 saturated carbocycles. The molecule has 3 rings (SSSR count). The number of rotatable bonds is 7. The van der Waals surface area contributed by atoms with Gasteiger partial charge in [0.1, 0.15) is 11.5 Å². The van der Waals surface area contributed by atoms with Crippen molar-refractivity contribution in [2.24, 2.45) is 16.6 Å². The van der Waals surface area contributed by atoms with Crippen molar-refractivity contribution in [3.8, 4) is 11.5 Å². The van der Waals surface area contributed by atoms with Crippen LogP contribution in [0.2, 0.25) is 0 Å². The maximum atomic E-state index is 6.00. The van der Waals surface area contributed by atoms with Crippen LogP contribution in [0.5, 0.6) is 11.5 Å². The zero-order chi connectivity index (χ0) is 16.8. The Kier molecular flexibility index (Phi) is 7.36. The Morgan fingerprint density at radius 1 is 1.12 bits per heavy atom. The molecule has 2 aromatic carbocycles. The minimum Gasteiger partial charge on any atom is -0.495 e. The Labute approximate surface area is 165 Å². The number of benzene rings is 2. The van der Waals surface area contributed by atoms with Crippen molar-refractivity contribution in [3.05, 3.63) is 54.1 Å². The van der Waals surface area contributed by atoms with Gasteiger partial charge in [-0.05, 0) is 37.0 Å². The Morgan fingerprint density at radius 3 is 2.52 bits per heavy atom. The van der Waals surface area contributed by atoms with Gasteiger partial charge in [-0.2, -0.15) is 0 Å². The predicted molar refractivity (Wildman–Crippen MR) is 112 cm³/mol. The largest absolute Gasteiger partial charge is 0.495 e. The fourth-order valence-electron chi connectivity index (χ4n) is 2.36. The molecule has 0 saturated heterocycles. The average molecular weight is 453 g/mol. The van der Waals surface area contributed by atoms with Crippen molar-refractivity contribution < 1.29 is 9.47 Å². The molecule has 0 amide bonds. The summed E-state index contributed by atoms with van der Waals surface area (Å²) in [5.41, 5.74) is 7.82. The van der Waals surface area contributed by atoms with Crippen molar-refractivity contribution in [1.82, 2.24) is 0 Å². The van der Waals surface area contributed by atoms with E-state index in [1.165, 1.54) is 12.8 Å². The van der Waals surface area contributed by atoms with Gasteiger partial charge in [-0.15, -0.1) is 24.0 Å². The summed E-state index contributed by atoms with van der Waals surface area (Å²) in [5, 5.41) is 3.07. The molecule has 6 heteroatoms. The number of methoxy groups -OCH3 is 1. The Balaban J connectivity index is 0.00000225. The van der Waals surface area contributed by atoms with Crippen LogP contribution in [0.4, 0.5) is 5.69 Å². The molecule has 0 spiro atoms. The normalized spacial score (nSPS) is 13.7. The van der Waals surface area contributed by atoms with Crippen molar-refractivity contribution in [3.63, 3.8) is 0 Å². The number of nitrogens with one attached hydrogen (secondary N) is 1. The van der Waals surface area contributed by atoms with E-state index < -0.39 is 0 Å². The average Bonchev–Trinajstić information content (AvgIpc) is 3.44. The fourth-order valence-corrected chi connectivity index (χ4v) is 2.36. The van der Waals surface area contributed by atoms with Crippen LogP contribution in [0, 0.1) is 5.92 Å². The Bertz CT molecular complexity index is 717. The van der Waals surface area contributed by atoms with E-state index in [0.29, 0.717) is 12.5 Å². The van der Waals surface area contributed by atoms with Gasteiger partial charge in [0.25, 0.3) is 0 Å². The van der Waals surface area contributed by atoms with Gasteiger partial charge in [-0.1, -0.05) is 30.3 Å². The molecular formula is C19H24IN3O2. The topological polar surface area (TPSA) is 68.9 Å². The molecule has 25 heavy (non-hydrogen) atoms. The molecule has 2 aromatic rings. The van der Waals surface area contributed by atoms with E-state index >= 15 is 0 Å². The fraction of sp³-hybridized carbons (Fsp3) is 0.316. The maximum absolute atomic E-state index is 6.00. The van der Waals surface area contributed by atoms with E-state index in [0.717, 1.165) is 35.3 Å². The molecule has 3 N–H and O–H groups in total. The highest BCUT2D eigenvalue weighted by Crippen LogP contribution is 2.30. The van der Waals surface area contributed by atoms with Crippen LogP contribution < -0.4 is 20.5 Å². The van der Waals surface area contributed by atoms with Crippen molar-refractivity contribution >= 4 is 35.6 Å². The first kappa shape index (κ1) is 19.4. The first-order valence-electron chi connectivity index (χ1n) is 8.17. The van der Waals surface area contributed by atoms with Gasteiger partial charge in [-0.25, -0.2) is 4.99 Å². The van der Waals surface area contributed by atoms with Crippen LogP contribution in [0.15, 0.2) is 53.5 Å². The highest BCUT2D eigenvalue weighted by molar-refractivity contribution is 14.0. The van der Waals surface area contributed by atoms with Gasteiger partial charge in [0.05, 0.1) is 25.9 Å². The quantitative estimate of drug-likeness (QED) is 0.378. The summed E-state index contributed by atoms with van der Waals surface area (Å²) in [6, 6.07) is 15.6. The molecule has 5 nitrogen and oxygen atoms in total. The third-order valence-electron chi connectivity index (χ3n) is 3.93. The summed E-state index contributed by atoms with van der Waals surface area (Å²) in [6.07, 6.45) is 2.55. The summed E-state index contributed by atoms with van der Waals surface area (Å²) in [7, 11) is 1.63. The van der Waals surface area contributed by atoms with Crippen LogP contribution in [0.1, 0.15) is 18.4 Å². The lowest BCUT2D eigenvalue weighted by Gasteiger charge is -2.11. The second kappa shape index (κ2) is 9.50. The van der Waals surface area contributed by atoms with E-state index in [1.807, 2.05) is 48.5 Å². The number of nitrogens with zero attached hydrogens (tertiary/aromatic N) is 1. The number of nitrogens with two attached hydrogens (primary N) is 1. The number of ether oxygens (including phenoxy) is 2. The molecule has 0 aromatic heterocycles. The number of halogens is 1. The van der Waals surface area contributed by atoms with Crippen LogP contribution in [0.3, 0.4) is 0 Å². The van der Waals surface area contributed by atoms with E-state index in [-0.39, 0.29) is 24.0 Å². The van der Waals surface area contributed by atoms with Crippen LogP contribution in [-0.2, 0) is 6.54 Å². The molecule has 0 aliphatic heterocycles. The zero-order valence-electron chi connectivity index (χ0n) is 14.3. The summed E-state index contributed by atoms with van der Waals surface area (Å²) in [5.74, 6) is 2.68. The van der Waals surface area contributed by atoms with E-state index in [2.05, 4.69) is 10.3 Å². The van der Waals surface area contributed by atoms with Gasteiger partial charge in [0, 0.05) is 5.56 Å². The second-order valence-electron chi connectivity index (χ2n) is 5.89. The van der Waals surface area contributed by atoms with Crippen LogP contribution in [0.25, 0.3) is 0 Å². The molecular weight excluding hydrogens is 429 g/mol. The van der Waals surface area contributed by atoms with Crippen molar-refractivity contribution in [1.29, 1.82) is 0 Å². The first-order chi connectivity index (χ1) is 11.8. The van der Waals surface area contributed by atoms with Crippen LogP contribution >= 0.6 is 24.0 Å². The molecule has 0 radical (unpaired) electrons. The molecule has 134 valence electrons. The summed E-state index contributed by atoms with van der Waals surface area (Å²) in [4.78, 5) is 4.42. The number of guanidine groups is 1. The molecule has 0 atom stereocenters. The smallest absolute Gasteiger partial charge is 0.193 e. The predicted octanol–water partition coefficient (Wildman–Crippen LogP) is 4.03. The minimum absolute atomic E-state index is 0. The van der Waals surface area contributed by atoms with E-state index in [1.54, 1.807) is 7.11 Å². The lowest BCUT2D eigenvalue weighted by molar-refractivity contribution is 0.297. The first-order valence-corrected chi connectivity index (χ1v) is 8.17. The van der Waals surface area contributed by atoms with Crippen LogP contribution in [-0.4, -0.2) is 19.7 Å². The number of hydrogen-bond donors (Lipinski definition) is 2. The number of anilines is 1. The van der Waals surface area contributed by atoms with Gasteiger partial charge >= 0.3 is 0 Å². The highest BCUT2D eigenvalue weighted by atomic mass is 127. The SMILES string of the molecule is COc1ccccc1NC(N)=NCc1ccccc1OCC1CC1.I.